The van der Waals surface area contributed by atoms with E-state index in [1.165, 1.54) is 41.5 Å². The van der Waals surface area contributed by atoms with Crippen molar-refractivity contribution in [1.82, 2.24) is 10.3 Å². The standard InChI is InChI=1S/C14H25N3S/c1-4-8-17(10-11-6-7-11)14-16-12(5-2)13(18-14)9-15-3/h11,15H,4-10H2,1-3H3. The van der Waals surface area contributed by atoms with Crippen molar-refractivity contribution < 1.29 is 0 Å². The van der Waals surface area contributed by atoms with Crippen LogP contribution in [0.1, 0.15) is 43.7 Å². The topological polar surface area (TPSA) is 28.2 Å². The Morgan fingerprint density at radius 2 is 2.17 bits per heavy atom. The van der Waals surface area contributed by atoms with Gasteiger partial charge >= 0.3 is 0 Å². The van der Waals surface area contributed by atoms with Gasteiger partial charge in [-0.1, -0.05) is 13.8 Å². The van der Waals surface area contributed by atoms with Crippen LogP contribution in [0.2, 0.25) is 0 Å². The first-order valence-electron chi connectivity index (χ1n) is 7.16. The molecule has 1 saturated carbocycles. The zero-order chi connectivity index (χ0) is 13.0. The Morgan fingerprint density at radius 3 is 2.72 bits per heavy atom. The van der Waals surface area contributed by atoms with Gasteiger partial charge in [0.05, 0.1) is 5.69 Å². The maximum atomic E-state index is 4.85. The largest absolute Gasteiger partial charge is 0.348 e. The summed E-state index contributed by atoms with van der Waals surface area (Å²) in [7, 11) is 2.01. The second-order valence-electron chi connectivity index (χ2n) is 5.14. The van der Waals surface area contributed by atoms with Gasteiger partial charge in [0.2, 0.25) is 0 Å². The molecule has 1 aromatic heterocycles. The fourth-order valence-electron chi connectivity index (χ4n) is 2.23. The van der Waals surface area contributed by atoms with Crippen LogP contribution in [-0.2, 0) is 13.0 Å². The van der Waals surface area contributed by atoms with E-state index in [9.17, 15) is 0 Å². The van der Waals surface area contributed by atoms with Crippen LogP contribution >= 0.6 is 11.3 Å². The average Bonchev–Trinajstić information content (AvgIpc) is 3.09. The second-order valence-corrected chi connectivity index (χ2v) is 6.20. The lowest BCUT2D eigenvalue weighted by Crippen LogP contribution is -2.26. The molecule has 1 aliphatic rings. The summed E-state index contributed by atoms with van der Waals surface area (Å²) in [6, 6.07) is 0. The third-order valence-corrected chi connectivity index (χ3v) is 4.54. The molecule has 0 unspecified atom stereocenters. The molecule has 1 fully saturated rings. The number of aryl methyl sites for hydroxylation is 1. The Labute approximate surface area is 115 Å². The van der Waals surface area contributed by atoms with Crippen LogP contribution in [0.3, 0.4) is 0 Å². The van der Waals surface area contributed by atoms with E-state index < -0.39 is 0 Å². The molecule has 0 bridgehead atoms. The highest BCUT2D eigenvalue weighted by atomic mass is 32.1. The first kappa shape index (κ1) is 13.8. The molecular formula is C14H25N3S. The van der Waals surface area contributed by atoms with Crippen molar-refractivity contribution in [2.45, 2.75) is 46.1 Å². The smallest absolute Gasteiger partial charge is 0.185 e. The summed E-state index contributed by atoms with van der Waals surface area (Å²) in [5.41, 5.74) is 1.28. The van der Waals surface area contributed by atoms with E-state index in [1.54, 1.807) is 0 Å². The van der Waals surface area contributed by atoms with Gasteiger partial charge in [-0.05, 0) is 38.6 Å². The lowest BCUT2D eigenvalue weighted by Gasteiger charge is -2.20. The van der Waals surface area contributed by atoms with Crippen LogP contribution in [-0.4, -0.2) is 25.1 Å². The highest BCUT2D eigenvalue weighted by Gasteiger charge is 2.25. The monoisotopic (exact) mass is 267 g/mol. The van der Waals surface area contributed by atoms with Crippen molar-refractivity contribution in [3.8, 4) is 0 Å². The molecule has 2 rings (SSSR count). The quantitative estimate of drug-likeness (QED) is 0.784. The minimum absolute atomic E-state index is 0.929. The van der Waals surface area contributed by atoms with Crippen molar-refractivity contribution in [3.63, 3.8) is 0 Å². The maximum absolute atomic E-state index is 4.85. The second kappa shape index (κ2) is 6.53. The minimum atomic E-state index is 0.929. The molecular weight excluding hydrogens is 242 g/mol. The van der Waals surface area contributed by atoms with E-state index in [0.29, 0.717) is 0 Å². The number of hydrogen-bond donors (Lipinski definition) is 1. The first-order chi connectivity index (χ1) is 8.78. The van der Waals surface area contributed by atoms with E-state index in [1.807, 2.05) is 18.4 Å². The number of nitrogens with one attached hydrogen (secondary N) is 1. The molecule has 1 aliphatic carbocycles. The minimum Gasteiger partial charge on any atom is -0.348 e. The Bertz CT molecular complexity index is 371. The van der Waals surface area contributed by atoms with Crippen molar-refractivity contribution in [2.75, 3.05) is 25.0 Å². The number of hydrogen-bond acceptors (Lipinski definition) is 4. The van der Waals surface area contributed by atoms with Gasteiger partial charge in [0.15, 0.2) is 5.13 Å². The summed E-state index contributed by atoms with van der Waals surface area (Å²) < 4.78 is 0. The molecule has 1 N–H and O–H groups in total. The lowest BCUT2D eigenvalue weighted by molar-refractivity contribution is 0.704. The SMILES string of the molecule is CCCN(CC1CC1)c1nc(CC)c(CNC)s1. The van der Waals surface area contributed by atoms with Crippen molar-refractivity contribution >= 4 is 16.5 Å². The molecule has 0 aromatic carbocycles. The van der Waals surface area contributed by atoms with Crippen molar-refractivity contribution in [1.29, 1.82) is 0 Å². The van der Waals surface area contributed by atoms with E-state index >= 15 is 0 Å². The van der Waals surface area contributed by atoms with Gasteiger partial charge in [-0.2, -0.15) is 0 Å². The summed E-state index contributed by atoms with van der Waals surface area (Å²) in [5, 5.41) is 4.49. The van der Waals surface area contributed by atoms with Crippen LogP contribution in [0.15, 0.2) is 0 Å². The summed E-state index contributed by atoms with van der Waals surface area (Å²) >= 11 is 1.88. The van der Waals surface area contributed by atoms with Gasteiger partial charge in [-0.3, -0.25) is 0 Å². The molecule has 0 aliphatic heterocycles. The van der Waals surface area contributed by atoms with E-state index in [4.69, 9.17) is 4.98 Å². The number of anilines is 1. The summed E-state index contributed by atoms with van der Waals surface area (Å²) in [6.45, 7) is 7.76. The molecule has 1 aromatic rings. The number of rotatable bonds is 8. The highest BCUT2D eigenvalue weighted by Crippen LogP contribution is 2.34. The maximum Gasteiger partial charge on any atom is 0.185 e. The van der Waals surface area contributed by atoms with Crippen LogP contribution < -0.4 is 10.2 Å². The molecule has 0 atom stereocenters. The molecule has 3 nitrogen and oxygen atoms in total. The predicted octanol–water partition coefficient (Wildman–Crippen LogP) is 3.05. The van der Waals surface area contributed by atoms with Gasteiger partial charge in [0, 0.05) is 24.5 Å². The Hall–Kier alpha value is -0.610. The third-order valence-electron chi connectivity index (χ3n) is 3.38. The number of nitrogens with zero attached hydrogens (tertiary/aromatic N) is 2. The zero-order valence-corrected chi connectivity index (χ0v) is 12.6. The molecule has 18 heavy (non-hydrogen) atoms. The Kier molecular flexibility index (Phi) is 5.01. The van der Waals surface area contributed by atoms with E-state index in [0.717, 1.165) is 25.4 Å². The Morgan fingerprint density at radius 1 is 1.39 bits per heavy atom. The summed E-state index contributed by atoms with van der Waals surface area (Å²) in [6.07, 6.45) is 5.07. The predicted molar refractivity (Wildman–Crippen MR) is 79.5 cm³/mol. The lowest BCUT2D eigenvalue weighted by atomic mass is 10.3. The van der Waals surface area contributed by atoms with E-state index in [2.05, 4.69) is 24.1 Å². The van der Waals surface area contributed by atoms with Gasteiger partial charge in [0.1, 0.15) is 0 Å². The molecule has 0 spiro atoms. The van der Waals surface area contributed by atoms with Crippen LogP contribution in [0, 0.1) is 5.92 Å². The fraction of sp³-hybridized carbons (Fsp3) is 0.786. The van der Waals surface area contributed by atoms with Crippen LogP contribution in [0.5, 0.6) is 0 Å². The van der Waals surface area contributed by atoms with Crippen LogP contribution in [0.25, 0.3) is 0 Å². The van der Waals surface area contributed by atoms with Crippen LogP contribution in [0.4, 0.5) is 5.13 Å². The normalized spacial score (nSPS) is 15.1. The van der Waals surface area contributed by atoms with Crippen molar-refractivity contribution in [3.05, 3.63) is 10.6 Å². The van der Waals surface area contributed by atoms with Gasteiger partial charge in [-0.15, -0.1) is 11.3 Å². The Balaban J connectivity index is 2.11. The molecule has 0 saturated heterocycles. The zero-order valence-electron chi connectivity index (χ0n) is 11.8. The first-order valence-corrected chi connectivity index (χ1v) is 7.98. The summed E-state index contributed by atoms with van der Waals surface area (Å²) in [4.78, 5) is 8.76. The molecule has 0 amide bonds. The average molecular weight is 267 g/mol. The van der Waals surface area contributed by atoms with Gasteiger partial charge in [-0.25, -0.2) is 4.98 Å². The van der Waals surface area contributed by atoms with Crippen molar-refractivity contribution in [2.24, 2.45) is 5.92 Å². The molecule has 0 radical (unpaired) electrons. The number of thiazole rings is 1. The van der Waals surface area contributed by atoms with E-state index in [-0.39, 0.29) is 0 Å². The summed E-state index contributed by atoms with van der Waals surface area (Å²) in [5.74, 6) is 0.929. The van der Waals surface area contributed by atoms with Gasteiger partial charge < -0.3 is 10.2 Å². The third kappa shape index (κ3) is 3.45. The number of aromatic nitrogens is 1. The molecule has 4 heteroatoms. The highest BCUT2D eigenvalue weighted by molar-refractivity contribution is 7.15. The molecule has 1 heterocycles. The fourth-order valence-corrected chi connectivity index (χ4v) is 3.42. The molecule has 102 valence electrons. The van der Waals surface area contributed by atoms with Gasteiger partial charge in [0.25, 0.3) is 0 Å².